The van der Waals surface area contributed by atoms with Gasteiger partial charge in [0.2, 0.25) is 6.29 Å². The highest BCUT2D eigenvalue weighted by Crippen LogP contribution is 2.40. The molecule has 7 nitrogen and oxygen atoms in total. The zero-order chi connectivity index (χ0) is 23.3. The molecule has 0 fully saturated rings. The molecule has 3 rings (SSSR count). The second-order valence-electron chi connectivity index (χ2n) is 7.58. The van der Waals surface area contributed by atoms with Crippen LogP contribution in [-0.2, 0) is 30.3 Å². The van der Waals surface area contributed by atoms with Gasteiger partial charge in [-0.2, -0.15) is 0 Å². The average molecular weight is 476 g/mol. The van der Waals surface area contributed by atoms with Gasteiger partial charge in [0.25, 0.3) is 5.91 Å². The lowest BCUT2D eigenvalue weighted by Crippen LogP contribution is -2.39. The molecule has 33 heavy (non-hydrogen) atoms. The summed E-state index contributed by atoms with van der Waals surface area (Å²) >= 11 is 1.66. The van der Waals surface area contributed by atoms with E-state index in [4.69, 9.17) is 24.1 Å². The lowest BCUT2D eigenvalue weighted by Gasteiger charge is -2.36. The summed E-state index contributed by atoms with van der Waals surface area (Å²) in [6.45, 7) is 4.56. The number of thiophene rings is 1. The van der Waals surface area contributed by atoms with Crippen LogP contribution in [0.5, 0.6) is 0 Å². The molecule has 0 saturated carbocycles. The van der Waals surface area contributed by atoms with Crippen LogP contribution in [0.4, 0.5) is 0 Å². The number of hydrogen-bond acceptors (Lipinski definition) is 7. The zero-order valence-electron chi connectivity index (χ0n) is 19.0. The van der Waals surface area contributed by atoms with Gasteiger partial charge in [0, 0.05) is 36.5 Å². The smallest absolute Gasteiger partial charge is 0.286 e. The van der Waals surface area contributed by atoms with Gasteiger partial charge in [0.05, 0.1) is 26.4 Å². The SMILES string of the molecule is CCO[C@H]1OC(C(=O)NCc2ccccc2)=C[C@@H](c2cccs2)[C@H]1CCOCCOCCO. The molecule has 0 aliphatic carbocycles. The van der Waals surface area contributed by atoms with Crippen molar-refractivity contribution in [3.63, 3.8) is 0 Å². The van der Waals surface area contributed by atoms with Crippen LogP contribution < -0.4 is 5.32 Å². The summed E-state index contributed by atoms with van der Waals surface area (Å²) < 4.78 is 22.9. The highest BCUT2D eigenvalue weighted by atomic mass is 32.1. The highest BCUT2D eigenvalue weighted by molar-refractivity contribution is 7.10. The number of rotatable bonds is 14. The third kappa shape index (κ3) is 7.94. The Morgan fingerprint density at radius 1 is 1.09 bits per heavy atom. The summed E-state index contributed by atoms with van der Waals surface area (Å²) in [4.78, 5) is 14.1. The molecule has 2 N–H and O–H groups in total. The highest BCUT2D eigenvalue weighted by Gasteiger charge is 2.38. The number of amides is 1. The van der Waals surface area contributed by atoms with Crippen LogP contribution in [0.3, 0.4) is 0 Å². The molecule has 3 atom stereocenters. The van der Waals surface area contributed by atoms with Crippen molar-refractivity contribution < 1.29 is 28.8 Å². The first kappa shape index (κ1) is 25.4. The topological polar surface area (TPSA) is 86.3 Å². The number of nitrogens with one attached hydrogen (secondary N) is 1. The van der Waals surface area contributed by atoms with Gasteiger partial charge in [-0.1, -0.05) is 36.4 Å². The van der Waals surface area contributed by atoms with Crippen molar-refractivity contribution in [2.75, 3.05) is 39.6 Å². The van der Waals surface area contributed by atoms with Crippen molar-refractivity contribution in [1.29, 1.82) is 0 Å². The van der Waals surface area contributed by atoms with E-state index in [0.29, 0.717) is 46.0 Å². The molecule has 1 aromatic carbocycles. The van der Waals surface area contributed by atoms with Crippen LogP contribution in [0.1, 0.15) is 29.7 Å². The number of hydrogen-bond donors (Lipinski definition) is 2. The molecule has 1 aliphatic heterocycles. The Labute approximate surface area is 199 Å². The van der Waals surface area contributed by atoms with Gasteiger partial charge in [0.1, 0.15) is 0 Å². The predicted octanol–water partition coefficient (Wildman–Crippen LogP) is 3.46. The van der Waals surface area contributed by atoms with E-state index >= 15 is 0 Å². The third-order valence-electron chi connectivity index (χ3n) is 5.31. The number of aliphatic hydroxyl groups excluding tert-OH is 1. The fraction of sp³-hybridized carbons (Fsp3) is 0.480. The van der Waals surface area contributed by atoms with Crippen LogP contribution in [0.2, 0.25) is 0 Å². The van der Waals surface area contributed by atoms with E-state index in [1.807, 2.05) is 54.8 Å². The summed E-state index contributed by atoms with van der Waals surface area (Å²) in [6, 6.07) is 13.9. The Morgan fingerprint density at radius 2 is 1.88 bits per heavy atom. The zero-order valence-corrected chi connectivity index (χ0v) is 19.8. The fourth-order valence-corrected chi connectivity index (χ4v) is 4.59. The first-order chi connectivity index (χ1) is 16.2. The monoisotopic (exact) mass is 475 g/mol. The molecule has 2 heterocycles. The minimum Gasteiger partial charge on any atom is -0.459 e. The van der Waals surface area contributed by atoms with E-state index in [2.05, 4.69) is 11.4 Å². The predicted molar refractivity (Wildman–Crippen MR) is 127 cm³/mol. The van der Waals surface area contributed by atoms with Gasteiger partial charge >= 0.3 is 0 Å². The Morgan fingerprint density at radius 3 is 2.58 bits per heavy atom. The van der Waals surface area contributed by atoms with Crippen molar-refractivity contribution in [3.8, 4) is 0 Å². The van der Waals surface area contributed by atoms with Crippen molar-refractivity contribution in [3.05, 3.63) is 70.1 Å². The van der Waals surface area contributed by atoms with Gasteiger partial charge in [-0.15, -0.1) is 11.3 Å². The van der Waals surface area contributed by atoms with Crippen molar-refractivity contribution in [2.45, 2.75) is 32.1 Å². The molecule has 0 spiro atoms. The van der Waals surface area contributed by atoms with E-state index in [1.165, 1.54) is 0 Å². The third-order valence-corrected chi connectivity index (χ3v) is 6.28. The standard InChI is InChI=1S/C25H33NO6S/c1-2-31-25-20(10-12-29-14-15-30-13-11-27)21(23-9-6-16-33-23)17-22(32-25)24(28)26-18-19-7-4-3-5-8-19/h3-9,16-17,20-21,25,27H,2,10-15,18H2,1H3,(H,26,28)/t20-,21-,25+/m1/s1. The van der Waals surface area contributed by atoms with Gasteiger partial charge < -0.3 is 29.4 Å². The first-order valence-electron chi connectivity index (χ1n) is 11.3. The van der Waals surface area contributed by atoms with E-state index in [9.17, 15) is 4.79 Å². The van der Waals surface area contributed by atoms with E-state index in [1.54, 1.807) is 11.3 Å². The molecule has 1 aliphatic rings. The summed E-state index contributed by atoms with van der Waals surface area (Å²) in [5.74, 6) is 0.0350. The number of carbonyl (C=O) groups excluding carboxylic acids is 1. The lowest BCUT2D eigenvalue weighted by molar-refractivity contribution is -0.168. The normalized spacial score (nSPS) is 20.2. The molecule has 1 amide bonds. The maximum absolute atomic E-state index is 12.9. The van der Waals surface area contributed by atoms with Crippen molar-refractivity contribution in [1.82, 2.24) is 5.32 Å². The molecular weight excluding hydrogens is 442 g/mol. The quantitative estimate of drug-likeness (QED) is 0.407. The molecule has 0 saturated heterocycles. The summed E-state index contributed by atoms with van der Waals surface area (Å²) in [5.41, 5.74) is 1.02. The van der Waals surface area contributed by atoms with Crippen LogP contribution in [0.15, 0.2) is 59.7 Å². The lowest BCUT2D eigenvalue weighted by atomic mass is 9.85. The Kier molecular flexibility index (Phi) is 10.9. The maximum atomic E-state index is 12.9. The van der Waals surface area contributed by atoms with E-state index < -0.39 is 6.29 Å². The summed E-state index contributed by atoms with van der Waals surface area (Å²) in [6.07, 6.45) is 2.08. The molecule has 0 bridgehead atoms. The molecule has 8 heteroatoms. The number of aliphatic hydroxyl groups is 1. The van der Waals surface area contributed by atoms with Gasteiger partial charge in [-0.05, 0) is 36.4 Å². The number of allylic oxidation sites excluding steroid dienone is 1. The van der Waals surface area contributed by atoms with Gasteiger partial charge in [-0.3, -0.25) is 4.79 Å². The summed E-state index contributed by atoms with van der Waals surface area (Å²) in [5, 5.41) is 13.7. The average Bonchev–Trinajstić information content (AvgIpc) is 3.38. The Bertz CT molecular complexity index is 842. The second kappa shape index (κ2) is 14.1. The molecule has 0 unspecified atom stereocenters. The molecule has 1 aromatic heterocycles. The number of benzene rings is 1. The molecule has 0 radical (unpaired) electrons. The van der Waals surface area contributed by atoms with Gasteiger partial charge in [-0.25, -0.2) is 0 Å². The van der Waals surface area contributed by atoms with Crippen LogP contribution in [0.25, 0.3) is 0 Å². The molecular formula is C25H33NO6S. The largest absolute Gasteiger partial charge is 0.459 e. The Balaban J connectivity index is 1.67. The minimum absolute atomic E-state index is 0.00549. The second-order valence-corrected chi connectivity index (χ2v) is 8.56. The maximum Gasteiger partial charge on any atom is 0.286 e. The van der Waals surface area contributed by atoms with Crippen molar-refractivity contribution in [2.24, 2.45) is 5.92 Å². The molecule has 180 valence electrons. The van der Waals surface area contributed by atoms with Gasteiger partial charge in [0.15, 0.2) is 5.76 Å². The number of ether oxygens (including phenoxy) is 4. The van der Waals surface area contributed by atoms with Crippen LogP contribution in [0, 0.1) is 5.92 Å². The molecule has 2 aromatic rings. The number of carbonyl (C=O) groups is 1. The minimum atomic E-state index is -0.543. The van der Waals surface area contributed by atoms with Crippen molar-refractivity contribution >= 4 is 17.2 Å². The fourth-order valence-electron chi connectivity index (χ4n) is 3.72. The van der Waals surface area contributed by atoms with Crippen LogP contribution in [-0.4, -0.2) is 56.9 Å². The first-order valence-corrected chi connectivity index (χ1v) is 12.2. The summed E-state index contributed by atoms with van der Waals surface area (Å²) in [7, 11) is 0. The van der Waals surface area contributed by atoms with Crippen LogP contribution >= 0.6 is 11.3 Å². The van der Waals surface area contributed by atoms with E-state index in [0.717, 1.165) is 10.4 Å². The van der Waals surface area contributed by atoms with E-state index in [-0.39, 0.29) is 30.1 Å². The Hall–Kier alpha value is -2.23.